The van der Waals surface area contributed by atoms with Crippen LogP contribution in [0.3, 0.4) is 0 Å². The highest BCUT2D eigenvalue weighted by Crippen LogP contribution is 1.89. The summed E-state index contributed by atoms with van der Waals surface area (Å²) in [6.45, 7) is 0. The predicted molar refractivity (Wildman–Crippen MR) is 44.0 cm³/mol. The maximum Gasteiger partial charge on any atom is 0.164 e. The van der Waals surface area contributed by atoms with E-state index in [1.807, 2.05) is 0 Å². The number of rotatable bonds is 1. The van der Waals surface area contributed by atoms with E-state index in [1.54, 1.807) is 0 Å². The number of thiocarbonyl (C=S) groups is 2. The molecule has 0 aliphatic heterocycles. The minimum Gasteiger partial charge on any atom is -0.168 e. The molecule has 0 amide bonds. The summed E-state index contributed by atoms with van der Waals surface area (Å²) in [6.07, 6.45) is 0. The smallest absolute Gasteiger partial charge is 0.164 e. The normalized spacial score (nSPS) is 7.57. The molecule has 38 valence electrons. The molecular formula is C2HNS4. The lowest BCUT2D eigenvalue weighted by atomic mass is 10.8. The van der Waals surface area contributed by atoms with Crippen molar-refractivity contribution in [3.05, 3.63) is 0 Å². The molecular weight excluding hydrogens is 166 g/mol. The average Bonchev–Trinajstić information content (AvgIpc) is 1.65. The first kappa shape index (κ1) is 7.55. The van der Waals surface area contributed by atoms with Gasteiger partial charge in [0.25, 0.3) is 0 Å². The molecule has 0 bridgehead atoms. The van der Waals surface area contributed by atoms with Gasteiger partial charge in [-0.15, -0.1) is 12.6 Å². The Kier molecular flexibility index (Phi) is 3.82. The molecule has 0 aliphatic carbocycles. The second-order valence-electron chi connectivity index (χ2n) is 0.702. The number of hydrogen-bond acceptors (Lipinski definition) is 3. The molecule has 1 nitrogen and oxygen atoms in total. The van der Waals surface area contributed by atoms with Gasteiger partial charge in [-0.25, -0.2) is 0 Å². The molecule has 5 heteroatoms. The second kappa shape index (κ2) is 3.54. The first-order valence-corrected chi connectivity index (χ1v) is 2.92. The van der Waals surface area contributed by atoms with Crippen molar-refractivity contribution in [3.8, 4) is 0 Å². The van der Waals surface area contributed by atoms with Gasteiger partial charge in [0.1, 0.15) is 4.20 Å². The summed E-state index contributed by atoms with van der Waals surface area (Å²) in [5, 5.41) is 0. The van der Waals surface area contributed by atoms with Crippen molar-refractivity contribution in [3.63, 3.8) is 0 Å². The maximum absolute atomic E-state index is 4.49. The van der Waals surface area contributed by atoms with Crippen molar-refractivity contribution in [1.29, 1.82) is 0 Å². The van der Waals surface area contributed by atoms with Crippen LogP contribution < -0.4 is 0 Å². The van der Waals surface area contributed by atoms with Crippen LogP contribution in [-0.4, -0.2) is 9.19 Å². The molecule has 0 fully saturated rings. The minimum absolute atomic E-state index is 0.216. The largest absolute Gasteiger partial charge is 0.168 e. The van der Waals surface area contributed by atoms with Gasteiger partial charge < -0.3 is 0 Å². The Hall–Kier alpha value is 0.550. The van der Waals surface area contributed by atoms with Crippen molar-refractivity contribution in [2.75, 3.05) is 0 Å². The number of thiol groups is 1. The van der Waals surface area contributed by atoms with Crippen LogP contribution in [0, 0.1) is 0 Å². The molecule has 0 spiro atoms. The van der Waals surface area contributed by atoms with E-state index in [9.17, 15) is 0 Å². The lowest BCUT2D eigenvalue weighted by Gasteiger charge is -1.81. The highest BCUT2D eigenvalue weighted by Gasteiger charge is 1.91. The first-order chi connectivity index (χ1) is 3.18. The summed E-state index contributed by atoms with van der Waals surface area (Å²) in [6, 6.07) is 0. The predicted octanol–water partition coefficient (Wildman–Crippen LogP) is 1.30. The molecule has 0 radical (unpaired) electrons. The molecule has 0 unspecified atom stereocenters. The van der Waals surface area contributed by atoms with Crippen molar-refractivity contribution in [2.45, 2.75) is 0 Å². The minimum atomic E-state index is 0.216. The van der Waals surface area contributed by atoms with Crippen LogP contribution in [0.2, 0.25) is 0 Å². The fraction of sp³-hybridized carbons (Fsp3) is 0. The van der Waals surface area contributed by atoms with Crippen molar-refractivity contribution in [2.24, 2.45) is 4.36 Å². The van der Waals surface area contributed by atoms with Crippen LogP contribution in [0.4, 0.5) is 0 Å². The summed E-state index contributed by atoms with van der Waals surface area (Å²) in [7, 11) is 0. The summed E-state index contributed by atoms with van der Waals surface area (Å²) < 4.78 is 3.47. The molecule has 0 rings (SSSR count). The Bertz CT molecular complexity index is 117. The van der Waals surface area contributed by atoms with Crippen LogP contribution in [0.1, 0.15) is 0 Å². The van der Waals surface area contributed by atoms with Crippen LogP contribution in [0.25, 0.3) is 0 Å². The van der Waals surface area contributed by atoms with Gasteiger partial charge >= 0.3 is 0 Å². The number of hydrogen-bond donors (Lipinski definition) is 1. The lowest BCUT2D eigenvalue weighted by Crippen LogP contribution is -1.94. The maximum atomic E-state index is 4.49. The average molecular weight is 167 g/mol. The zero-order valence-electron chi connectivity index (χ0n) is 3.12. The van der Waals surface area contributed by atoms with E-state index in [0.29, 0.717) is 0 Å². The van der Waals surface area contributed by atoms with Crippen molar-refractivity contribution < 1.29 is 0 Å². The Morgan fingerprint density at radius 3 is 1.86 bits per heavy atom. The van der Waals surface area contributed by atoms with Crippen molar-refractivity contribution in [1.82, 2.24) is 0 Å². The highest BCUT2D eigenvalue weighted by molar-refractivity contribution is 8.16. The van der Waals surface area contributed by atoms with E-state index in [4.69, 9.17) is 0 Å². The Morgan fingerprint density at radius 1 is 1.43 bits per heavy atom. The topological polar surface area (TPSA) is 12.4 Å². The molecule has 0 saturated carbocycles. The van der Waals surface area contributed by atoms with E-state index in [2.05, 4.69) is 53.9 Å². The standard InChI is InChI=1S/C2HNS4/c4-1(3-7)2(5)6/h(H,5,6). The highest BCUT2D eigenvalue weighted by atomic mass is 32.1. The van der Waals surface area contributed by atoms with E-state index < -0.39 is 0 Å². The molecule has 0 aromatic rings. The Balaban J connectivity index is 3.81. The molecule has 0 aromatic heterocycles. The third-order valence-electron chi connectivity index (χ3n) is 0.266. The Morgan fingerprint density at radius 2 is 1.86 bits per heavy atom. The molecule has 0 saturated heterocycles. The molecule has 0 heterocycles. The van der Waals surface area contributed by atoms with Crippen LogP contribution in [-0.2, 0) is 12.4 Å². The zero-order chi connectivity index (χ0) is 5.86. The third kappa shape index (κ3) is 3.16. The molecule has 0 N–H and O–H groups in total. The quantitative estimate of drug-likeness (QED) is 0.467. The molecule has 7 heavy (non-hydrogen) atoms. The SMILES string of the molecule is S=NC(=S)C(=S)S. The van der Waals surface area contributed by atoms with E-state index >= 15 is 0 Å². The van der Waals surface area contributed by atoms with Crippen LogP contribution in [0.5, 0.6) is 0 Å². The lowest BCUT2D eigenvalue weighted by molar-refractivity contribution is 1.95. The van der Waals surface area contributed by atoms with Gasteiger partial charge in [0, 0.05) is 12.4 Å². The van der Waals surface area contributed by atoms with Gasteiger partial charge in [0.15, 0.2) is 4.99 Å². The first-order valence-electron chi connectivity index (χ1n) is 1.29. The summed E-state index contributed by atoms with van der Waals surface area (Å²) in [4.78, 5) is 0.216. The monoisotopic (exact) mass is 167 g/mol. The van der Waals surface area contributed by atoms with Gasteiger partial charge in [-0.1, -0.05) is 24.4 Å². The van der Waals surface area contributed by atoms with Crippen LogP contribution >= 0.6 is 37.1 Å². The molecule has 0 aliphatic rings. The fourth-order valence-corrected chi connectivity index (χ4v) is 0.351. The molecule has 0 aromatic carbocycles. The van der Waals surface area contributed by atoms with Gasteiger partial charge in [0.05, 0.1) is 0 Å². The Labute approximate surface area is 63.1 Å². The second-order valence-corrected chi connectivity index (χ2v) is 2.43. The van der Waals surface area contributed by atoms with E-state index in [1.165, 1.54) is 0 Å². The number of nitrogens with zero attached hydrogens (tertiary/aromatic N) is 1. The van der Waals surface area contributed by atoms with Gasteiger partial charge in [-0.05, 0) is 0 Å². The summed E-state index contributed by atoms with van der Waals surface area (Å²) in [5.74, 6) is 0. The zero-order valence-corrected chi connectivity index (χ0v) is 6.46. The fourth-order valence-electron chi connectivity index (χ4n) is 0.0390. The van der Waals surface area contributed by atoms with Gasteiger partial charge in [-0.3, -0.25) is 0 Å². The van der Waals surface area contributed by atoms with E-state index in [-0.39, 0.29) is 9.19 Å². The summed E-state index contributed by atoms with van der Waals surface area (Å²) in [5.41, 5.74) is 0. The van der Waals surface area contributed by atoms with Crippen LogP contribution in [0.15, 0.2) is 4.36 Å². The van der Waals surface area contributed by atoms with Gasteiger partial charge in [0.2, 0.25) is 0 Å². The molecule has 0 atom stereocenters. The van der Waals surface area contributed by atoms with Gasteiger partial charge in [-0.2, -0.15) is 4.36 Å². The third-order valence-corrected chi connectivity index (χ3v) is 1.55. The summed E-state index contributed by atoms with van der Waals surface area (Å²) >= 11 is 16.9. The van der Waals surface area contributed by atoms with Crippen molar-refractivity contribution >= 4 is 58.7 Å². The van der Waals surface area contributed by atoms with E-state index in [0.717, 1.165) is 0 Å².